The van der Waals surface area contributed by atoms with E-state index in [1.54, 1.807) is 0 Å². The molecular weight excluding hydrogens is 1260 g/mol. The minimum atomic E-state index is -4.96. The van der Waals surface area contributed by atoms with Crippen molar-refractivity contribution in [3.63, 3.8) is 0 Å². The van der Waals surface area contributed by atoms with Crippen molar-refractivity contribution in [3.8, 4) is 0 Å². The van der Waals surface area contributed by atoms with Gasteiger partial charge in [-0.15, -0.1) is 0 Å². The fraction of sp³-hybridized carbons (Fsp3) is 0.948. The van der Waals surface area contributed by atoms with Crippen LogP contribution in [0.5, 0.6) is 0 Å². The van der Waals surface area contributed by atoms with Crippen molar-refractivity contribution in [1.82, 2.24) is 0 Å². The van der Waals surface area contributed by atoms with Gasteiger partial charge in [-0.05, 0) is 37.5 Å². The SMILES string of the molecule is CCCCCCCCCCCCCCC(=O)O[C@H](COC(=O)CCCCCCCCCC)COP(=O)(O)OC[C@H](O)COP(=O)(O)OC[C@@H](COC(=O)CCCCCCCCCCCCCCCCC(C)C)OC(=O)CCCCCCCCCCCCCCCCCCC(C)C. The lowest BCUT2D eigenvalue weighted by molar-refractivity contribution is -0.161. The third-order valence-electron chi connectivity index (χ3n) is 18.0. The number of aliphatic hydroxyl groups is 1. The molecule has 0 heterocycles. The van der Waals surface area contributed by atoms with Gasteiger partial charge < -0.3 is 33.8 Å². The van der Waals surface area contributed by atoms with Crippen molar-refractivity contribution in [1.29, 1.82) is 0 Å². The molecule has 19 heteroatoms. The van der Waals surface area contributed by atoms with Crippen LogP contribution < -0.4 is 0 Å². The van der Waals surface area contributed by atoms with Crippen molar-refractivity contribution < 1.29 is 80.2 Å². The van der Waals surface area contributed by atoms with E-state index in [0.29, 0.717) is 25.7 Å². The van der Waals surface area contributed by atoms with Crippen LogP contribution in [0.3, 0.4) is 0 Å². The van der Waals surface area contributed by atoms with Crippen LogP contribution in [0.1, 0.15) is 401 Å². The van der Waals surface area contributed by atoms with Crippen LogP contribution in [0.4, 0.5) is 0 Å². The van der Waals surface area contributed by atoms with Gasteiger partial charge in [0.25, 0.3) is 0 Å². The highest BCUT2D eigenvalue weighted by Gasteiger charge is 2.30. The van der Waals surface area contributed by atoms with Crippen molar-refractivity contribution in [2.24, 2.45) is 11.8 Å². The van der Waals surface area contributed by atoms with Crippen LogP contribution in [0.2, 0.25) is 0 Å². The van der Waals surface area contributed by atoms with Gasteiger partial charge in [-0.1, -0.05) is 350 Å². The maximum absolute atomic E-state index is 13.1. The first-order valence-corrected chi connectivity index (χ1v) is 43.0. The molecule has 0 rings (SSSR count). The Morgan fingerprint density at radius 1 is 0.281 bits per heavy atom. The zero-order valence-corrected chi connectivity index (χ0v) is 64.5. The largest absolute Gasteiger partial charge is 0.472 e. The second-order valence-electron chi connectivity index (χ2n) is 28.7. The molecule has 0 saturated heterocycles. The first-order valence-electron chi connectivity index (χ1n) is 40.0. The van der Waals surface area contributed by atoms with E-state index in [-0.39, 0.29) is 25.7 Å². The summed E-state index contributed by atoms with van der Waals surface area (Å²) >= 11 is 0. The number of carbonyl (C=O) groups excluding carboxylic acids is 4. The maximum Gasteiger partial charge on any atom is 0.472 e. The van der Waals surface area contributed by atoms with Gasteiger partial charge in [0.1, 0.15) is 19.3 Å². The summed E-state index contributed by atoms with van der Waals surface area (Å²) in [5.41, 5.74) is 0. The zero-order chi connectivity index (χ0) is 70.7. The summed E-state index contributed by atoms with van der Waals surface area (Å²) in [5, 5.41) is 10.6. The maximum atomic E-state index is 13.1. The second-order valence-corrected chi connectivity index (χ2v) is 31.6. The Morgan fingerprint density at radius 3 is 0.708 bits per heavy atom. The van der Waals surface area contributed by atoms with Gasteiger partial charge in [0.15, 0.2) is 12.2 Å². The highest BCUT2D eigenvalue weighted by atomic mass is 31.2. The van der Waals surface area contributed by atoms with E-state index in [4.69, 9.17) is 37.0 Å². The van der Waals surface area contributed by atoms with Gasteiger partial charge in [-0.25, -0.2) is 9.13 Å². The summed E-state index contributed by atoms with van der Waals surface area (Å²) in [6.45, 7) is 9.63. The number of unbranched alkanes of at least 4 members (excludes halogenated alkanes) is 46. The topological polar surface area (TPSA) is 237 Å². The van der Waals surface area contributed by atoms with Gasteiger partial charge in [0, 0.05) is 25.7 Å². The Bertz CT molecular complexity index is 1860. The molecule has 0 aromatic rings. The number of phosphoric acid groups is 2. The lowest BCUT2D eigenvalue weighted by atomic mass is 10.0. The predicted molar refractivity (Wildman–Crippen MR) is 391 cm³/mol. The molecule has 0 radical (unpaired) electrons. The number of ether oxygens (including phenoxy) is 4. The average molecular weight is 1410 g/mol. The Kier molecular flexibility index (Phi) is 67.4. The van der Waals surface area contributed by atoms with E-state index < -0.39 is 97.5 Å². The number of hydrogen-bond acceptors (Lipinski definition) is 15. The van der Waals surface area contributed by atoms with E-state index in [1.165, 1.54) is 212 Å². The van der Waals surface area contributed by atoms with E-state index in [0.717, 1.165) is 108 Å². The zero-order valence-electron chi connectivity index (χ0n) is 62.7. The number of rotatable bonds is 76. The molecule has 17 nitrogen and oxygen atoms in total. The molecule has 0 aromatic heterocycles. The van der Waals surface area contributed by atoms with Crippen LogP contribution >= 0.6 is 15.6 Å². The molecule has 0 aromatic carbocycles. The molecule has 2 unspecified atom stereocenters. The number of aliphatic hydroxyl groups excluding tert-OH is 1. The number of hydrogen-bond donors (Lipinski definition) is 3. The molecule has 0 aliphatic carbocycles. The second kappa shape index (κ2) is 68.8. The molecule has 3 N–H and O–H groups in total. The normalized spacial score (nSPS) is 14.0. The van der Waals surface area contributed by atoms with Crippen molar-refractivity contribution in [2.75, 3.05) is 39.6 Å². The van der Waals surface area contributed by atoms with E-state index >= 15 is 0 Å². The molecular formula is C77H150O17P2. The minimum Gasteiger partial charge on any atom is -0.462 e. The number of phosphoric ester groups is 2. The molecule has 0 spiro atoms. The lowest BCUT2D eigenvalue weighted by Crippen LogP contribution is -2.30. The molecule has 0 aliphatic rings. The lowest BCUT2D eigenvalue weighted by Gasteiger charge is -2.21. The van der Waals surface area contributed by atoms with E-state index in [2.05, 4.69) is 41.5 Å². The standard InChI is InChI=1S/C77H150O17P2/c1-7-9-11-13-15-17-18-31-37-43-49-55-61-76(81)93-72(65-87-74(79)59-53-47-41-16-14-12-10-8-2)67-91-95(83,84)89-63-71(78)64-90-96(85,86)92-68-73(66-88-75(80)60-54-48-42-36-32-27-24-23-26-30-35-40-46-52-58-70(5)6)94-77(82)62-56-50-44-38-33-28-22-20-19-21-25-29-34-39-45-51-57-69(3)4/h69-73,78H,7-68H2,1-6H3,(H,83,84)(H,85,86)/t71-,72+,73+/m0/s1. The third-order valence-corrected chi connectivity index (χ3v) is 19.9. The van der Waals surface area contributed by atoms with Gasteiger partial charge >= 0.3 is 39.5 Å². The van der Waals surface area contributed by atoms with E-state index in [9.17, 15) is 43.2 Å². The summed E-state index contributed by atoms with van der Waals surface area (Å²) in [7, 11) is -9.91. The number of esters is 4. The predicted octanol–water partition coefficient (Wildman–Crippen LogP) is 22.7. The fourth-order valence-electron chi connectivity index (χ4n) is 11.8. The highest BCUT2D eigenvalue weighted by molar-refractivity contribution is 7.47. The van der Waals surface area contributed by atoms with Gasteiger partial charge in [-0.2, -0.15) is 0 Å². The molecule has 0 saturated carbocycles. The molecule has 0 aliphatic heterocycles. The Labute approximate surface area is 588 Å². The smallest absolute Gasteiger partial charge is 0.462 e. The monoisotopic (exact) mass is 1410 g/mol. The van der Waals surface area contributed by atoms with Crippen LogP contribution in [0, 0.1) is 11.8 Å². The average Bonchev–Trinajstić information content (AvgIpc) is 2.89. The summed E-state index contributed by atoms with van der Waals surface area (Å²) in [5.74, 6) is -0.507. The molecule has 0 amide bonds. The van der Waals surface area contributed by atoms with Gasteiger partial charge in [-0.3, -0.25) is 37.3 Å². The van der Waals surface area contributed by atoms with Gasteiger partial charge in [0.05, 0.1) is 26.4 Å². The van der Waals surface area contributed by atoms with Gasteiger partial charge in [0.2, 0.25) is 0 Å². The Balaban J connectivity index is 5.20. The minimum absolute atomic E-state index is 0.107. The van der Waals surface area contributed by atoms with E-state index in [1.807, 2.05) is 0 Å². The van der Waals surface area contributed by atoms with Crippen LogP contribution in [-0.4, -0.2) is 96.7 Å². The van der Waals surface area contributed by atoms with Crippen LogP contribution in [0.25, 0.3) is 0 Å². The quantitative estimate of drug-likeness (QED) is 0.0222. The first kappa shape index (κ1) is 94.1. The molecule has 0 fully saturated rings. The van der Waals surface area contributed by atoms with Crippen LogP contribution in [0.15, 0.2) is 0 Å². The summed E-state index contributed by atoms with van der Waals surface area (Å²) in [6, 6.07) is 0. The molecule has 570 valence electrons. The van der Waals surface area contributed by atoms with Crippen LogP contribution in [-0.2, 0) is 65.4 Å². The summed E-state index contributed by atoms with van der Waals surface area (Å²) < 4.78 is 68.5. The Morgan fingerprint density at radius 2 is 0.479 bits per heavy atom. The first-order chi connectivity index (χ1) is 46.4. The van der Waals surface area contributed by atoms with Crippen molar-refractivity contribution in [2.45, 2.75) is 419 Å². The van der Waals surface area contributed by atoms with Crippen molar-refractivity contribution >= 4 is 39.5 Å². The van der Waals surface area contributed by atoms with Crippen molar-refractivity contribution in [3.05, 3.63) is 0 Å². The fourth-order valence-corrected chi connectivity index (χ4v) is 13.4. The highest BCUT2D eigenvalue weighted by Crippen LogP contribution is 2.45. The third kappa shape index (κ3) is 70.5. The Hall–Kier alpha value is -1.94. The molecule has 0 bridgehead atoms. The molecule has 96 heavy (non-hydrogen) atoms. The molecule has 5 atom stereocenters. The summed E-state index contributed by atoms with van der Waals surface area (Å²) in [4.78, 5) is 72.7. The number of carbonyl (C=O) groups is 4. The summed E-state index contributed by atoms with van der Waals surface area (Å²) in [6.07, 6.45) is 56.9.